The summed E-state index contributed by atoms with van der Waals surface area (Å²) >= 11 is 4.84. The molecule has 0 saturated heterocycles. The van der Waals surface area contributed by atoms with Crippen LogP contribution in [0.25, 0.3) is 0 Å². The van der Waals surface area contributed by atoms with Crippen molar-refractivity contribution in [3.63, 3.8) is 0 Å². The Morgan fingerprint density at radius 1 is 1.73 bits per heavy atom. The zero-order valence-corrected chi connectivity index (χ0v) is 9.58. The van der Waals surface area contributed by atoms with Gasteiger partial charge < -0.3 is 15.1 Å². The van der Waals surface area contributed by atoms with Crippen LogP contribution >= 0.6 is 12.2 Å². The van der Waals surface area contributed by atoms with Gasteiger partial charge in [-0.1, -0.05) is 19.1 Å². The summed E-state index contributed by atoms with van der Waals surface area (Å²) in [5.41, 5.74) is 6.01. The summed E-state index contributed by atoms with van der Waals surface area (Å²) in [5.74, 6) is -0.0762. The zero-order chi connectivity index (χ0) is 11.4. The Morgan fingerprint density at radius 2 is 2.40 bits per heavy atom. The Labute approximate surface area is 94.0 Å². The summed E-state index contributed by atoms with van der Waals surface area (Å²) in [6.45, 7) is 2.40. The molecule has 0 radical (unpaired) electrons. The molecule has 1 rings (SSSR count). The molecule has 0 aliphatic heterocycles. The largest absolute Gasteiger partial charge is 0.472 e. The third kappa shape index (κ3) is 3.06. The molecule has 0 bridgehead atoms. The van der Waals surface area contributed by atoms with E-state index in [0.29, 0.717) is 17.1 Å². The van der Waals surface area contributed by atoms with Crippen molar-refractivity contribution in [1.82, 2.24) is 4.90 Å². The zero-order valence-electron chi connectivity index (χ0n) is 8.77. The molecule has 0 fully saturated rings. The summed E-state index contributed by atoms with van der Waals surface area (Å²) in [6.07, 6.45) is 2.89. The Bertz CT molecular complexity index is 348. The molecule has 1 heterocycles. The number of carbonyl (C=O) groups excluding carboxylic acids is 1. The lowest BCUT2D eigenvalue weighted by molar-refractivity contribution is 0.0786. The smallest absolute Gasteiger partial charge is 0.256 e. The van der Waals surface area contributed by atoms with Gasteiger partial charge in [0.05, 0.1) is 16.8 Å². The molecule has 0 aliphatic carbocycles. The quantitative estimate of drug-likeness (QED) is 0.785. The van der Waals surface area contributed by atoms with Crippen LogP contribution in [0.1, 0.15) is 17.3 Å². The monoisotopic (exact) mass is 226 g/mol. The van der Waals surface area contributed by atoms with Gasteiger partial charge >= 0.3 is 0 Å². The van der Waals surface area contributed by atoms with E-state index < -0.39 is 0 Å². The van der Waals surface area contributed by atoms with Gasteiger partial charge in [-0.2, -0.15) is 0 Å². The van der Waals surface area contributed by atoms with E-state index in [1.165, 1.54) is 12.5 Å². The van der Waals surface area contributed by atoms with E-state index in [2.05, 4.69) is 0 Å². The maximum absolute atomic E-state index is 11.7. The van der Waals surface area contributed by atoms with Crippen LogP contribution in [0.15, 0.2) is 23.0 Å². The number of hydrogen-bond donors (Lipinski definition) is 1. The standard InChI is InChI=1S/C10H14N2O2S/c1-7(9(11)15)5-12(2)10(13)8-3-4-14-6-8/h3-4,6-7H,5H2,1-2H3,(H2,11,15). The molecule has 2 N–H and O–H groups in total. The predicted octanol–water partition coefficient (Wildman–Crippen LogP) is 1.27. The number of thiocarbonyl (C=S) groups is 1. The Balaban J connectivity index is 2.58. The van der Waals surface area contributed by atoms with Crippen LogP contribution in [0.3, 0.4) is 0 Å². The fourth-order valence-electron chi connectivity index (χ4n) is 1.19. The molecule has 5 heteroatoms. The fraction of sp³-hybridized carbons (Fsp3) is 0.400. The molecule has 1 aromatic heterocycles. The second kappa shape index (κ2) is 4.93. The molecule has 1 atom stereocenters. The van der Waals surface area contributed by atoms with Crippen molar-refractivity contribution in [2.75, 3.05) is 13.6 Å². The van der Waals surface area contributed by atoms with Gasteiger partial charge in [-0.15, -0.1) is 0 Å². The molecule has 1 aromatic rings. The van der Waals surface area contributed by atoms with Crippen molar-refractivity contribution in [3.05, 3.63) is 24.2 Å². The molecular formula is C10H14N2O2S. The number of rotatable bonds is 4. The van der Waals surface area contributed by atoms with E-state index in [0.717, 1.165) is 0 Å². The second-order valence-electron chi connectivity index (χ2n) is 3.50. The SMILES string of the molecule is CC(CN(C)C(=O)c1ccoc1)C(N)=S. The van der Waals surface area contributed by atoms with Crippen LogP contribution in [0.5, 0.6) is 0 Å². The minimum Gasteiger partial charge on any atom is -0.472 e. The molecule has 82 valence electrons. The van der Waals surface area contributed by atoms with E-state index in [4.69, 9.17) is 22.4 Å². The third-order valence-corrected chi connectivity index (χ3v) is 2.55. The van der Waals surface area contributed by atoms with E-state index in [9.17, 15) is 4.79 Å². The maximum Gasteiger partial charge on any atom is 0.256 e. The van der Waals surface area contributed by atoms with Gasteiger partial charge in [0.15, 0.2) is 0 Å². The first kappa shape index (κ1) is 11.7. The van der Waals surface area contributed by atoms with E-state index in [1.54, 1.807) is 18.0 Å². The van der Waals surface area contributed by atoms with Crippen molar-refractivity contribution in [1.29, 1.82) is 0 Å². The molecule has 0 aromatic carbocycles. The first-order valence-electron chi connectivity index (χ1n) is 4.59. The Hall–Kier alpha value is -1.36. The van der Waals surface area contributed by atoms with Crippen LogP contribution in [0.4, 0.5) is 0 Å². The Kier molecular flexibility index (Phi) is 3.85. The van der Waals surface area contributed by atoms with Crippen LogP contribution in [0.2, 0.25) is 0 Å². The first-order valence-corrected chi connectivity index (χ1v) is 5.00. The van der Waals surface area contributed by atoms with Gasteiger partial charge in [0.25, 0.3) is 5.91 Å². The third-order valence-electron chi connectivity index (χ3n) is 2.15. The van der Waals surface area contributed by atoms with Crippen molar-refractivity contribution >= 4 is 23.1 Å². The van der Waals surface area contributed by atoms with Gasteiger partial charge in [-0.05, 0) is 6.07 Å². The number of hydrogen-bond acceptors (Lipinski definition) is 3. The van der Waals surface area contributed by atoms with Crippen LogP contribution < -0.4 is 5.73 Å². The van der Waals surface area contributed by atoms with Crippen molar-refractivity contribution in [2.24, 2.45) is 11.7 Å². The van der Waals surface area contributed by atoms with Crippen LogP contribution in [0, 0.1) is 5.92 Å². The lowest BCUT2D eigenvalue weighted by atomic mass is 10.1. The van der Waals surface area contributed by atoms with Crippen molar-refractivity contribution in [2.45, 2.75) is 6.92 Å². The normalized spacial score (nSPS) is 12.1. The van der Waals surface area contributed by atoms with Crippen LogP contribution in [-0.4, -0.2) is 29.4 Å². The highest BCUT2D eigenvalue weighted by molar-refractivity contribution is 7.80. The van der Waals surface area contributed by atoms with Gasteiger partial charge in [0, 0.05) is 19.5 Å². The maximum atomic E-state index is 11.7. The first-order chi connectivity index (χ1) is 7.02. The minimum absolute atomic E-state index is 0.0147. The highest BCUT2D eigenvalue weighted by Gasteiger charge is 2.16. The minimum atomic E-state index is -0.0909. The average molecular weight is 226 g/mol. The lowest BCUT2D eigenvalue weighted by Gasteiger charge is -2.20. The van der Waals surface area contributed by atoms with Crippen molar-refractivity contribution in [3.8, 4) is 0 Å². The van der Waals surface area contributed by atoms with E-state index in [1.807, 2.05) is 6.92 Å². The number of nitrogens with zero attached hydrogens (tertiary/aromatic N) is 1. The number of furan rings is 1. The molecule has 0 spiro atoms. The highest BCUT2D eigenvalue weighted by atomic mass is 32.1. The summed E-state index contributed by atoms with van der Waals surface area (Å²) in [6, 6.07) is 1.63. The van der Waals surface area contributed by atoms with E-state index in [-0.39, 0.29) is 11.8 Å². The number of carbonyl (C=O) groups is 1. The molecule has 1 amide bonds. The number of nitrogens with two attached hydrogens (primary N) is 1. The summed E-state index contributed by atoms with van der Waals surface area (Å²) in [7, 11) is 1.71. The molecule has 4 nitrogen and oxygen atoms in total. The lowest BCUT2D eigenvalue weighted by Crippen LogP contribution is -2.35. The van der Waals surface area contributed by atoms with Crippen molar-refractivity contribution < 1.29 is 9.21 Å². The van der Waals surface area contributed by atoms with Gasteiger partial charge in [-0.25, -0.2) is 0 Å². The molecular weight excluding hydrogens is 212 g/mol. The molecule has 1 unspecified atom stereocenters. The fourth-order valence-corrected chi connectivity index (χ4v) is 1.26. The number of amides is 1. The Morgan fingerprint density at radius 3 is 2.87 bits per heavy atom. The van der Waals surface area contributed by atoms with Gasteiger partial charge in [0.2, 0.25) is 0 Å². The predicted molar refractivity (Wildman–Crippen MR) is 61.6 cm³/mol. The van der Waals surface area contributed by atoms with Gasteiger partial charge in [-0.3, -0.25) is 4.79 Å². The molecule has 15 heavy (non-hydrogen) atoms. The summed E-state index contributed by atoms with van der Waals surface area (Å²) in [5, 5.41) is 0. The van der Waals surface area contributed by atoms with Crippen LogP contribution in [-0.2, 0) is 0 Å². The highest BCUT2D eigenvalue weighted by Crippen LogP contribution is 2.06. The van der Waals surface area contributed by atoms with E-state index >= 15 is 0 Å². The van der Waals surface area contributed by atoms with Gasteiger partial charge in [0.1, 0.15) is 6.26 Å². The summed E-state index contributed by atoms with van der Waals surface area (Å²) < 4.78 is 4.84. The topological polar surface area (TPSA) is 59.5 Å². The molecule has 0 saturated carbocycles. The molecule has 0 aliphatic rings. The average Bonchev–Trinajstić information content (AvgIpc) is 2.68. The second-order valence-corrected chi connectivity index (χ2v) is 3.97. The summed E-state index contributed by atoms with van der Waals surface area (Å²) in [4.78, 5) is 13.7.